The van der Waals surface area contributed by atoms with Crippen molar-refractivity contribution in [2.24, 2.45) is 0 Å². The van der Waals surface area contributed by atoms with Crippen molar-refractivity contribution in [3.05, 3.63) is 11.8 Å². The van der Waals surface area contributed by atoms with E-state index in [1.807, 2.05) is 11.2 Å². The SMILES string of the molecule is CSc1ncc(C#N)c(N2CCCC(N(C)S(C)(=O)=O)C2)n1. The molecule has 1 saturated heterocycles. The van der Waals surface area contributed by atoms with Crippen LogP contribution in [0.1, 0.15) is 18.4 Å². The summed E-state index contributed by atoms with van der Waals surface area (Å²) in [5, 5.41) is 9.85. The molecule has 1 unspecified atom stereocenters. The minimum atomic E-state index is -3.23. The highest BCUT2D eigenvalue weighted by molar-refractivity contribution is 7.98. The van der Waals surface area contributed by atoms with Gasteiger partial charge in [0.05, 0.1) is 12.5 Å². The molecule has 0 amide bonds. The van der Waals surface area contributed by atoms with E-state index in [0.29, 0.717) is 23.1 Å². The zero-order valence-electron chi connectivity index (χ0n) is 12.9. The number of sulfonamides is 1. The summed E-state index contributed by atoms with van der Waals surface area (Å²) in [6.07, 6.45) is 6.28. The third-order valence-electron chi connectivity index (χ3n) is 3.78. The maximum absolute atomic E-state index is 11.7. The monoisotopic (exact) mass is 341 g/mol. The lowest BCUT2D eigenvalue weighted by atomic mass is 10.1. The van der Waals surface area contributed by atoms with E-state index in [-0.39, 0.29) is 6.04 Å². The Balaban J connectivity index is 2.28. The first-order chi connectivity index (χ1) is 10.4. The van der Waals surface area contributed by atoms with E-state index in [1.165, 1.54) is 28.5 Å². The number of piperidine rings is 1. The van der Waals surface area contributed by atoms with Gasteiger partial charge in [0.15, 0.2) is 11.0 Å². The summed E-state index contributed by atoms with van der Waals surface area (Å²) in [6.45, 7) is 1.29. The number of likely N-dealkylation sites (N-methyl/N-ethyl adjacent to an activating group) is 1. The highest BCUT2D eigenvalue weighted by Gasteiger charge is 2.29. The minimum absolute atomic E-state index is 0.108. The fourth-order valence-corrected chi connectivity index (χ4v) is 3.54. The molecule has 0 aliphatic carbocycles. The number of hydrogen-bond acceptors (Lipinski definition) is 7. The lowest BCUT2D eigenvalue weighted by molar-refractivity contribution is 0.321. The van der Waals surface area contributed by atoms with Gasteiger partial charge >= 0.3 is 0 Å². The molecular formula is C13H19N5O2S2. The Hall–Kier alpha value is -1.37. The molecule has 9 heteroatoms. The number of rotatable bonds is 4. The van der Waals surface area contributed by atoms with Crippen LogP contribution in [0, 0.1) is 11.3 Å². The molecule has 0 N–H and O–H groups in total. The molecule has 1 atom stereocenters. The number of thioether (sulfide) groups is 1. The summed E-state index contributed by atoms with van der Waals surface area (Å²) in [5.41, 5.74) is 0.417. The van der Waals surface area contributed by atoms with Gasteiger partial charge in [-0.05, 0) is 19.1 Å². The predicted molar refractivity (Wildman–Crippen MR) is 86.4 cm³/mol. The highest BCUT2D eigenvalue weighted by atomic mass is 32.2. The van der Waals surface area contributed by atoms with Crippen LogP contribution in [0.4, 0.5) is 5.82 Å². The molecule has 0 aromatic carbocycles. The molecule has 1 aliphatic heterocycles. The third kappa shape index (κ3) is 3.69. The fourth-order valence-electron chi connectivity index (χ4n) is 2.49. The molecule has 1 aromatic rings. The maximum Gasteiger partial charge on any atom is 0.211 e. The normalized spacial score (nSPS) is 19.2. The molecule has 0 spiro atoms. The van der Waals surface area contributed by atoms with Crippen LogP contribution >= 0.6 is 11.8 Å². The van der Waals surface area contributed by atoms with Gasteiger partial charge < -0.3 is 4.90 Å². The second-order valence-corrected chi connectivity index (χ2v) is 8.04. The second-order valence-electron chi connectivity index (χ2n) is 5.23. The van der Waals surface area contributed by atoms with Crippen LogP contribution in [0.25, 0.3) is 0 Å². The zero-order valence-corrected chi connectivity index (χ0v) is 14.5. The summed E-state index contributed by atoms with van der Waals surface area (Å²) < 4.78 is 24.9. The Morgan fingerprint density at radius 2 is 2.27 bits per heavy atom. The largest absolute Gasteiger partial charge is 0.354 e. The minimum Gasteiger partial charge on any atom is -0.354 e. The van der Waals surface area contributed by atoms with E-state index in [0.717, 1.165) is 19.4 Å². The van der Waals surface area contributed by atoms with Crippen LogP contribution < -0.4 is 4.90 Å². The molecule has 0 bridgehead atoms. The van der Waals surface area contributed by atoms with Gasteiger partial charge in [-0.1, -0.05) is 11.8 Å². The third-order valence-corrected chi connectivity index (χ3v) is 5.69. The number of aromatic nitrogens is 2. The van der Waals surface area contributed by atoms with E-state index in [9.17, 15) is 13.7 Å². The molecule has 22 heavy (non-hydrogen) atoms. The summed E-state index contributed by atoms with van der Waals surface area (Å²) in [7, 11) is -1.63. The van der Waals surface area contributed by atoms with Gasteiger partial charge in [0, 0.05) is 26.2 Å². The number of nitrogens with zero attached hydrogens (tertiary/aromatic N) is 5. The average Bonchev–Trinajstić information content (AvgIpc) is 2.52. The van der Waals surface area contributed by atoms with Crippen molar-refractivity contribution < 1.29 is 8.42 Å². The molecule has 0 radical (unpaired) electrons. The van der Waals surface area contributed by atoms with E-state index in [2.05, 4.69) is 16.0 Å². The Morgan fingerprint density at radius 1 is 1.55 bits per heavy atom. The molecule has 2 rings (SSSR count). The van der Waals surface area contributed by atoms with Crippen molar-refractivity contribution >= 4 is 27.6 Å². The summed E-state index contributed by atoms with van der Waals surface area (Å²) in [6, 6.07) is 2.00. The Kier molecular flexibility index (Phi) is 5.26. The van der Waals surface area contributed by atoms with E-state index >= 15 is 0 Å². The summed E-state index contributed by atoms with van der Waals surface area (Å²) in [4.78, 5) is 10.5. The number of hydrogen-bond donors (Lipinski definition) is 0. The average molecular weight is 341 g/mol. The number of nitriles is 1. The van der Waals surface area contributed by atoms with Crippen molar-refractivity contribution in [1.29, 1.82) is 5.26 Å². The lowest BCUT2D eigenvalue weighted by Crippen LogP contribution is -2.48. The van der Waals surface area contributed by atoms with Gasteiger partial charge in [0.25, 0.3) is 0 Å². The van der Waals surface area contributed by atoms with E-state index in [1.54, 1.807) is 7.05 Å². The van der Waals surface area contributed by atoms with Crippen LogP contribution in [0.15, 0.2) is 11.4 Å². The first-order valence-electron chi connectivity index (χ1n) is 6.86. The van der Waals surface area contributed by atoms with Crippen LogP contribution in [-0.2, 0) is 10.0 Å². The number of anilines is 1. The molecule has 1 aliphatic rings. The van der Waals surface area contributed by atoms with Crippen molar-refractivity contribution in [3.8, 4) is 6.07 Å². The molecule has 1 aromatic heterocycles. The van der Waals surface area contributed by atoms with Gasteiger partial charge in [0.1, 0.15) is 11.6 Å². The summed E-state index contributed by atoms with van der Waals surface area (Å²) in [5.74, 6) is 0.591. The lowest BCUT2D eigenvalue weighted by Gasteiger charge is -2.37. The Morgan fingerprint density at radius 3 is 2.86 bits per heavy atom. The van der Waals surface area contributed by atoms with Crippen LogP contribution in [0.3, 0.4) is 0 Å². The Labute approximate surface area is 135 Å². The van der Waals surface area contributed by atoms with Crippen LogP contribution in [0.2, 0.25) is 0 Å². The van der Waals surface area contributed by atoms with Gasteiger partial charge in [-0.15, -0.1) is 0 Å². The molecule has 1 fully saturated rings. The molecular weight excluding hydrogens is 322 g/mol. The molecule has 2 heterocycles. The Bertz CT molecular complexity index is 686. The van der Waals surface area contributed by atoms with Crippen LogP contribution in [-0.4, -0.2) is 61.4 Å². The smallest absolute Gasteiger partial charge is 0.211 e. The summed E-state index contributed by atoms with van der Waals surface area (Å²) >= 11 is 1.41. The standard InChI is InChI=1S/C13H19N5O2S2/c1-17(22(3,19)20)11-5-4-6-18(9-11)12-10(7-14)8-15-13(16-12)21-2/h8,11H,4-6,9H2,1-3H3. The van der Waals surface area contributed by atoms with Crippen molar-refractivity contribution in [2.75, 3.05) is 37.5 Å². The first kappa shape index (κ1) is 17.0. The maximum atomic E-state index is 11.7. The topological polar surface area (TPSA) is 90.2 Å². The molecule has 120 valence electrons. The van der Waals surface area contributed by atoms with Crippen molar-refractivity contribution in [3.63, 3.8) is 0 Å². The highest BCUT2D eigenvalue weighted by Crippen LogP contribution is 2.25. The zero-order chi connectivity index (χ0) is 16.3. The fraction of sp³-hybridized carbons (Fsp3) is 0.615. The van der Waals surface area contributed by atoms with Gasteiger partial charge in [-0.3, -0.25) is 0 Å². The van der Waals surface area contributed by atoms with Gasteiger partial charge in [-0.2, -0.15) is 5.26 Å². The molecule has 0 saturated carbocycles. The van der Waals surface area contributed by atoms with Crippen LogP contribution in [0.5, 0.6) is 0 Å². The van der Waals surface area contributed by atoms with E-state index < -0.39 is 10.0 Å². The van der Waals surface area contributed by atoms with E-state index in [4.69, 9.17) is 0 Å². The molecule has 7 nitrogen and oxygen atoms in total. The first-order valence-corrected chi connectivity index (χ1v) is 9.93. The quantitative estimate of drug-likeness (QED) is 0.594. The predicted octanol–water partition coefficient (Wildman–Crippen LogP) is 0.930. The van der Waals surface area contributed by atoms with Gasteiger partial charge in [-0.25, -0.2) is 22.7 Å². The van der Waals surface area contributed by atoms with Crippen molar-refractivity contribution in [1.82, 2.24) is 14.3 Å². The van der Waals surface area contributed by atoms with Crippen molar-refractivity contribution in [2.45, 2.75) is 24.0 Å². The van der Waals surface area contributed by atoms with Gasteiger partial charge in [0.2, 0.25) is 10.0 Å². The second kappa shape index (κ2) is 6.81.